The number of carbonyl (C=O) groups is 1. The number of rotatable bonds is 6. The third kappa shape index (κ3) is 4.24. The zero-order valence-corrected chi connectivity index (χ0v) is 15.7. The predicted octanol–water partition coefficient (Wildman–Crippen LogP) is 2.70. The van der Waals surface area contributed by atoms with Gasteiger partial charge in [0.1, 0.15) is 0 Å². The van der Waals surface area contributed by atoms with E-state index in [1.54, 1.807) is 19.4 Å². The van der Waals surface area contributed by atoms with Crippen LogP contribution in [0.3, 0.4) is 0 Å². The molecular formula is C19H19N3O4S. The van der Waals surface area contributed by atoms with Gasteiger partial charge in [-0.1, -0.05) is 18.2 Å². The van der Waals surface area contributed by atoms with Crippen molar-refractivity contribution in [3.05, 3.63) is 78.4 Å². The Balaban J connectivity index is 1.78. The highest BCUT2D eigenvalue weighted by Crippen LogP contribution is 2.19. The topological polar surface area (TPSA) is 90.3 Å². The van der Waals surface area contributed by atoms with Crippen LogP contribution in [-0.4, -0.2) is 31.0 Å². The smallest absolute Gasteiger partial charge is 0.337 e. The quantitative estimate of drug-likeness (QED) is 0.659. The number of esters is 1. The number of hydrogen-bond acceptors (Lipinski definition) is 5. The molecule has 1 unspecified atom stereocenters. The van der Waals surface area contributed by atoms with Crippen LogP contribution in [0.25, 0.3) is 5.69 Å². The zero-order chi connectivity index (χ0) is 19.4. The van der Waals surface area contributed by atoms with Crippen LogP contribution in [0.2, 0.25) is 0 Å². The summed E-state index contributed by atoms with van der Waals surface area (Å²) in [6.45, 7) is 1.76. The number of hydrogen-bond donors (Lipinski definition) is 1. The Hall–Kier alpha value is -2.97. The van der Waals surface area contributed by atoms with E-state index < -0.39 is 22.0 Å². The van der Waals surface area contributed by atoms with Gasteiger partial charge in [-0.15, -0.1) is 0 Å². The Bertz CT molecular complexity index is 1030. The maximum absolute atomic E-state index is 12.7. The summed E-state index contributed by atoms with van der Waals surface area (Å²) in [5.74, 6) is -0.588. The van der Waals surface area contributed by atoms with Gasteiger partial charge < -0.3 is 9.30 Å². The van der Waals surface area contributed by atoms with Crippen LogP contribution < -0.4 is 4.72 Å². The molecule has 0 bridgehead atoms. The van der Waals surface area contributed by atoms with Crippen LogP contribution in [0.4, 0.5) is 0 Å². The van der Waals surface area contributed by atoms with Gasteiger partial charge in [0.2, 0.25) is 10.0 Å². The number of aromatic nitrogens is 2. The highest BCUT2D eigenvalue weighted by atomic mass is 32.2. The van der Waals surface area contributed by atoms with Crippen LogP contribution in [0.1, 0.15) is 28.9 Å². The molecule has 3 aromatic rings. The van der Waals surface area contributed by atoms with Crippen LogP contribution in [0, 0.1) is 0 Å². The van der Waals surface area contributed by atoms with Crippen molar-refractivity contribution in [1.29, 1.82) is 0 Å². The monoisotopic (exact) mass is 385 g/mol. The van der Waals surface area contributed by atoms with E-state index in [2.05, 4.69) is 14.4 Å². The van der Waals surface area contributed by atoms with Crippen molar-refractivity contribution in [3.8, 4) is 5.69 Å². The molecule has 0 spiro atoms. The number of methoxy groups -OCH3 is 1. The fraction of sp³-hybridized carbons (Fsp3) is 0.158. The molecule has 3 rings (SSSR count). The molecule has 2 aromatic carbocycles. The minimum Gasteiger partial charge on any atom is -0.465 e. The second-order valence-electron chi connectivity index (χ2n) is 5.92. The lowest BCUT2D eigenvalue weighted by Crippen LogP contribution is -2.27. The molecule has 0 saturated heterocycles. The minimum absolute atomic E-state index is 0.00675. The summed E-state index contributed by atoms with van der Waals surface area (Å²) in [5, 5.41) is 0. The average Bonchev–Trinajstić information content (AvgIpc) is 3.22. The lowest BCUT2D eigenvalue weighted by Gasteiger charge is -2.15. The number of sulfonamides is 1. The molecule has 1 heterocycles. The van der Waals surface area contributed by atoms with Crippen molar-refractivity contribution in [1.82, 2.24) is 14.3 Å². The van der Waals surface area contributed by atoms with Crippen molar-refractivity contribution in [3.63, 3.8) is 0 Å². The molecule has 0 radical (unpaired) electrons. The maximum atomic E-state index is 12.7. The predicted molar refractivity (Wildman–Crippen MR) is 100 cm³/mol. The first-order valence-electron chi connectivity index (χ1n) is 8.20. The second-order valence-corrected chi connectivity index (χ2v) is 7.64. The number of nitrogens with zero attached hydrogens (tertiary/aromatic N) is 2. The summed E-state index contributed by atoms with van der Waals surface area (Å²) in [6, 6.07) is 12.8. The SMILES string of the molecule is COC(=O)c1cccc(S(=O)(=O)NC(C)c2ccc(-n3ccnc3)cc2)c1. The normalized spacial score (nSPS) is 12.5. The molecule has 1 atom stereocenters. The zero-order valence-electron chi connectivity index (χ0n) is 14.9. The fourth-order valence-corrected chi connectivity index (χ4v) is 3.90. The van der Waals surface area contributed by atoms with E-state index in [1.807, 2.05) is 35.0 Å². The Morgan fingerprint density at radius 2 is 1.93 bits per heavy atom. The van der Waals surface area contributed by atoms with Crippen molar-refractivity contribution < 1.29 is 17.9 Å². The maximum Gasteiger partial charge on any atom is 0.337 e. The van der Waals surface area contributed by atoms with Gasteiger partial charge in [-0.2, -0.15) is 0 Å². The summed E-state index contributed by atoms with van der Waals surface area (Å²) in [6.07, 6.45) is 5.21. The van der Waals surface area contributed by atoms with Crippen molar-refractivity contribution in [2.45, 2.75) is 17.9 Å². The molecule has 0 aliphatic rings. The third-order valence-electron chi connectivity index (χ3n) is 4.09. The standard InChI is InChI=1S/C19H19N3O4S/c1-14(15-6-8-17(9-7-15)22-11-10-20-13-22)21-27(24,25)18-5-3-4-16(12-18)19(23)26-2/h3-14,21H,1-2H3. The Kier molecular flexibility index (Phi) is 5.38. The molecular weight excluding hydrogens is 366 g/mol. The van der Waals surface area contributed by atoms with E-state index in [4.69, 9.17) is 0 Å². The summed E-state index contributed by atoms with van der Waals surface area (Å²) in [5.41, 5.74) is 1.92. The van der Waals surface area contributed by atoms with E-state index in [0.29, 0.717) is 0 Å². The number of ether oxygens (including phenoxy) is 1. The first-order chi connectivity index (χ1) is 12.9. The van der Waals surface area contributed by atoms with Crippen molar-refractivity contribution >= 4 is 16.0 Å². The lowest BCUT2D eigenvalue weighted by molar-refractivity contribution is 0.0600. The van der Waals surface area contributed by atoms with Gasteiger partial charge in [-0.25, -0.2) is 22.9 Å². The van der Waals surface area contributed by atoms with E-state index in [-0.39, 0.29) is 10.5 Å². The third-order valence-corrected chi connectivity index (χ3v) is 5.63. The summed E-state index contributed by atoms with van der Waals surface area (Å²) < 4.78 is 34.4. The second kappa shape index (κ2) is 7.73. The molecule has 0 aliphatic carbocycles. The molecule has 0 aliphatic heterocycles. The average molecular weight is 385 g/mol. The molecule has 1 aromatic heterocycles. The Labute approximate surface area is 157 Å². The molecule has 140 valence electrons. The molecule has 0 saturated carbocycles. The van der Waals surface area contributed by atoms with E-state index in [9.17, 15) is 13.2 Å². The van der Waals surface area contributed by atoms with Crippen LogP contribution in [0.15, 0.2) is 72.1 Å². The van der Waals surface area contributed by atoms with Crippen LogP contribution in [0.5, 0.6) is 0 Å². The first-order valence-corrected chi connectivity index (χ1v) is 9.68. The fourth-order valence-electron chi connectivity index (χ4n) is 2.62. The highest BCUT2D eigenvalue weighted by molar-refractivity contribution is 7.89. The van der Waals surface area contributed by atoms with Gasteiger partial charge >= 0.3 is 5.97 Å². The lowest BCUT2D eigenvalue weighted by atomic mass is 10.1. The number of nitrogens with one attached hydrogen (secondary N) is 1. The number of imidazole rings is 1. The number of carbonyl (C=O) groups excluding carboxylic acids is 1. The summed E-state index contributed by atoms with van der Waals surface area (Å²) >= 11 is 0. The van der Waals surface area contributed by atoms with Gasteiger partial charge in [0.05, 0.1) is 23.9 Å². The first kappa shape index (κ1) is 18.8. The molecule has 7 nitrogen and oxygen atoms in total. The Morgan fingerprint density at radius 1 is 1.19 bits per heavy atom. The van der Waals surface area contributed by atoms with Gasteiger partial charge in [0.25, 0.3) is 0 Å². The molecule has 27 heavy (non-hydrogen) atoms. The highest BCUT2D eigenvalue weighted by Gasteiger charge is 2.20. The van der Waals surface area contributed by atoms with Gasteiger partial charge in [0.15, 0.2) is 0 Å². The van der Waals surface area contributed by atoms with E-state index >= 15 is 0 Å². The summed E-state index contributed by atoms with van der Waals surface area (Å²) in [4.78, 5) is 15.6. The van der Waals surface area contributed by atoms with Gasteiger partial charge in [-0.3, -0.25) is 0 Å². The molecule has 0 fully saturated rings. The van der Waals surface area contributed by atoms with Crippen molar-refractivity contribution in [2.24, 2.45) is 0 Å². The van der Waals surface area contributed by atoms with Crippen molar-refractivity contribution in [2.75, 3.05) is 7.11 Å². The van der Waals surface area contributed by atoms with E-state index in [1.165, 1.54) is 31.4 Å². The van der Waals surface area contributed by atoms with Gasteiger partial charge in [0, 0.05) is 24.1 Å². The summed E-state index contributed by atoms with van der Waals surface area (Å²) in [7, 11) is -2.55. The Morgan fingerprint density at radius 3 is 2.56 bits per heavy atom. The number of benzene rings is 2. The van der Waals surface area contributed by atoms with E-state index in [0.717, 1.165) is 11.3 Å². The van der Waals surface area contributed by atoms with Crippen LogP contribution in [-0.2, 0) is 14.8 Å². The molecule has 0 amide bonds. The van der Waals surface area contributed by atoms with Gasteiger partial charge in [-0.05, 0) is 42.8 Å². The molecule has 1 N–H and O–H groups in total. The van der Waals surface area contributed by atoms with Crippen LogP contribution >= 0.6 is 0 Å². The minimum atomic E-state index is -3.80. The molecule has 8 heteroatoms. The largest absolute Gasteiger partial charge is 0.465 e.